The van der Waals surface area contributed by atoms with E-state index in [-0.39, 0.29) is 11.5 Å². The van der Waals surface area contributed by atoms with Gasteiger partial charge in [-0.2, -0.15) is 0 Å². The van der Waals surface area contributed by atoms with Crippen LogP contribution >= 0.6 is 23.4 Å². The number of amides is 3. The smallest absolute Gasteiger partial charge is 0.294 e. The lowest BCUT2D eigenvalue weighted by atomic mass is 10.1. The highest BCUT2D eigenvalue weighted by atomic mass is 35.5. The Kier molecular flexibility index (Phi) is 6.70. The van der Waals surface area contributed by atoms with Crippen molar-refractivity contribution in [3.05, 3.63) is 40.3 Å². The number of imide groups is 1. The van der Waals surface area contributed by atoms with Crippen LogP contribution in [0, 0.1) is 0 Å². The van der Waals surface area contributed by atoms with E-state index in [1.165, 1.54) is 6.08 Å². The van der Waals surface area contributed by atoms with Gasteiger partial charge in [0, 0.05) is 0 Å². The minimum Gasteiger partial charge on any atom is -0.490 e. The maximum absolute atomic E-state index is 12.3. The van der Waals surface area contributed by atoms with Crippen LogP contribution < -0.4 is 15.2 Å². The number of halogens is 1. The predicted octanol–water partition coefficient (Wildman–Crippen LogP) is 2.83. The quantitative estimate of drug-likeness (QED) is 0.535. The summed E-state index contributed by atoms with van der Waals surface area (Å²) in [7, 11) is 0. The van der Waals surface area contributed by atoms with Crippen molar-refractivity contribution in [2.45, 2.75) is 6.92 Å². The highest BCUT2D eigenvalue weighted by Crippen LogP contribution is 2.39. The van der Waals surface area contributed by atoms with Crippen molar-refractivity contribution in [3.8, 4) is 11.5 Å². The first-order valence-corrected chi connectivity index (χ1v) is 8.80. The average molecular weight is 397 g/mol. The number of hydrogen-bond acceptors (Lipinski definition) is 6. The molecule has 0 unspecified atom stereocenters. The molecule has 0 bridgehead atoms. The molecule has 2 rings (SSSR count). The molecule has 0 saturated carbocycles. The zero-order valence-corrected chi connectivity index (χ0v) is 15.6. The second kappa shape index (κ2) is 8.77. The molecule has 138 valence electrons. The molecule has 0 spiro atoms. The largest absolute Gasteiger partial charge is 0.490 e. The molecule has 3 amide bonds. The Morgan fingerprint density at radius 1 is 1.38 bits per heavy atom. The molecule has 26 heavy (non-hydrogen) atoms. The van der Waals surface area contributed by atoms with Gasteiger partial charge in [0.15, 0.2) is 11.5 Å². The van der Waals surface area contributed by atoms with Gasteiger partial charge in [0.2, 0.25) is 5.91 Å². The third-order valence-corrected chi connectivity index (χ3v) is 4.35. The Morgan fingerprint density at radius 2 is 2.12 bits per heavy atom. The first-order valence-electron chi connectivity index (χ1n) is 7.61. The van der Waals surface area contributed by atoms with Gasteiger partial charge in [-0.25, -0.2) is 0 Å². The molecule has 1 aromatic carbocycles. The van der Waals surface area contributed by atoms with Crippen LogP contribution in [-0.2, 0) is 9.59 Å². The van der Waals surface area contributed by atoms with Crippen molar-refractivity contribution < 1.29 is 23.9 Å². The molecule has 0 aromatic heterocycles. The topological polar surface area (TPSA) is 98.9 Å². The number of hydrogen-bond donors (Lipinski definition) is 1. The van der Waals surface area contributed by atoms with Gasteiger partial charge in [0.25, 0.3) is 11.1 Å². The fourth-order valence-electron chi connectivity index (χ4n) is 2.16. The molecule has 0 atom stereocenters. The van der Waals surface area contributed by atoms with Crippen molar-refractivity contribution in [1.29, 1.82) is 0 Å². The number of nitrogens with two attached hydrogens (primary N) is 1. The average Bonchev–Trinajstić information content (AvgIpc) is 2.81. The molecule has 1 aliphatic heterocycles. The zero-order valence-electron chi connectivity index (χ0n) is 14.0. The van der Waals surface area contributed by atoms with Crippen LogP contribution in [0.3, 0.4) is 0 Å². The van der Waals surface area contributed by atoms with Crippen molar-refractivity contribution in [3.63, 3.8) is 0 Å². The molecule has 9 heteroatoms. The number of primary amides is 1. The van der Waals surface area contributed by atoms with E-state index >= 15 is 0 Å². The fraction of sp³-hybridized carbons (Fsp3) is 0.235. The summed E-state index contributed by atoms with van der Waals surface area (Å²) in [6.07, 6.45) is 3.08. The third kappa shape index (κ3) is 4.59. The van der Waals surface area contributed by atoms with E-state index in [4.69, 9.17) is 26.8 Å². The van der Waals surface area contributed by atoms with Gasteiger partial charge >= 0.3 is 0 Å². The Balaban J connectivity index is 2.35. The van der Waals surface area contributed by atoms with Gasteiger partial charge in [0.1, 0.15) is 13.2 Å². The van der Waals surface area contributed by atoms with Crippen molar-refractivity contribution in [2.75, 3.05) is 19.8 Å². The molecular weight excluding hydrogens is 380 g/mol. The van der Waals surface area contributed by atoms with Crippen LogP contribution in [0.4, 0.5) is 4.79 Å². The summed E-state index contributed by atoms with van der Waals surface area (Å²) in [6, 6.07) is 3.24. The number of thioether (sulfide) groups is 1. The number of nitrogens with zero attached hydrogens (tertiary/aromatic N) is 1. The summed E-state index contributed by atoms with van der Waals surface area (Å²) in [5.74, 6) is -0.573. The van der Waals surface area contributed by atoms with E-state index in [2.05, 4.69) is 6.58 Å². The lowest BCUT2D eigenvalue weighted by molar-refractivity contribution is -0.127. The van der Waals surface area contributed by atoms with Crippen molar-refractivity contribution in [2.24, 2.45) is 5.73 Å². The summed E-state index contributed by atoms with van der Waals surface area (Å²) in [5, 5.41) is -0.262. The number of carbonyl (C=O) groups excluding carboxylic acids is 3. The molecule has 7 nitrogen and oxygen atoms in total. The number of benzene rings is 1. The lowest BCUT2D eigenvalue weighted by Crippen LogP contribution is -2.36. The van der Waals surface area contributed by atoms with E-state index in [0.717, 1.165) is 16.7 Å². The lowest BCUT2D eigenvalue weighted by Gasteiger charge is -2.13. The minimum absolute atomic E-state index is 0.162. The molecule has 0 radical (unpaired) electrons. The van der Waals surface area contributed by atoms with Crippen molar-refractivity contribution >= 4 is 46.5 Å². The van der Waals surface area contributed by atoms with Gasteiger partial charge in [-0.05, 0) is 42.5 Å². The second-order valence-corrected chi connectivity index (χ2v) is 6.50. The molecule has 0 aliphatic carbocycles. The van der Waals surface area contributed by atoms with Crippen LogP contribution in [0.2, 0.25) is 5.02 Å². The number of ether oxygens (including phenoxy) is 2. The summed E-state index contributed by atoms with van der Waals surface area (Å²) < 4.78 is 11.1. The van der Waals surface area contributed by atoms with Crippen LogP contribution in [-0.4, -0.2) is 41.7 Å². The van der Waals surface area contributed by atoms with E-state index in [1.807, 2.05) is 6.92 Å². The van der Waals surface area contributed by atoms with Crippen LogP contribution in [0.15, 0.2) is 29.7 Å². The number of carbonyl (C=O) groups is 3. The van der Waals surface area contributed by atoms with E-state index in [1.54, 1.807) is 18.2 Å². The minimum atomic E-state index is -0.765. The first-order chi connectivity index (χ1) is 12.4. The molecule has 1 saturated heterocycles. The van der Waals surface area contributed by atoms with E-state index in [9.17, 15) is 14.4 Å². The monoisotopic (exact) mass is 396 g/mol. The molecule has 1 aliphatic rings. The van der Waals surface area contributed by atoms with Crippen LogP contribution in [0.5, 0.6) is 11.5 Å². The SMILES string of the molecule is C=CCOc1c(Cl)cc(/C=C2\SC(=O)N(CC(N)=O)C2=O)cc1OCC. The summed E-state index contributed by atoms with van der Waals surface area (Å²) in [6.45, 7) is 5.58. The standard InChI is InChI=1S/C17H17ClN2O5S/c1-3-5-25-15-11(18)6-10(7-12(15)24-4-2)8-13-16(22)20(9-14(19)21)17(23)26-13/h3,6-8H,1,4-5,9H2,2H3,(H2,19,21)/b13-8-. The molecule has 2 N–H and O–H groups in total. The van der Waals surface area contributed by atoms with Gasteiger partial charge in [-0.15, -0.1) is 0 Å². The highest BCUT2D eigenvalue weighted by Gasteiger charge is 2.35. The molecule has 1 fully saturated rings. The predicted molar refractivity (Wildman–Crippen MR) is 100 cm³/mol. The van der Waals surface area contributed by atoms with Crippen LogP contribution in [0.1, 0.15) is 12.5 Å². The zero-order chi connectivity index (χ0) is 19.3. The van der Waals surface area contributed by atoms with Gasteiger partial charge in [-0.3, -0.25) is 19.3 Å². The molecular formula is C17H17ClN2O5S. The first kappa shape index (κ1) is 19.9. The van der Waals surface area contributed by atoms with Crippen molar-refractivity contribution in [1.82, 2.24) is 4.90 Å². The maximum atomic E-state index is 12.3. The second-order valence-electron chi connectivity index (χ2n) is 5.10. The summed E-state index contributed by atoms with van der Waals surface area (Å²) in [4.78, 5) is 36.1. The Morgan fingerprint density at radius 3 is 2.73 bits per heavy atom. The van der Waals surface area contributed by atoms with Crippen LogP contribution in [0.25, 0.3) is 6.08 Å². The van der Waals surface area contributed by atoms with Gasteiger partial charge < -0.3 is 15.2 Å². The Labute approximate surface area is 159 Å². The Hall–Kier alpha value is -2.45. The Bertz CT molecular complexity index is 794. The molecule has 1 aromatic rings. The van der Waals surface area contributed by atoms with E-state index in [0.29, 0.717) is 28.7 Å². The fourth-order valence-corrected chi connectivity index (χ4v) is 3.27. The van der Waals surface area contributed by atoms with Gasteiger partial charge in [0.05, 0.1) is 16.5 Å². The molecule has 1 heterocycles. The van der Waals surface area contributed by atoms with Gasteiger partial charge in [-0.1, -0.05) is 24.3 Å². The van der Waals surface area contributed by atoms with E-state index < -0.39 is 23.6 Å². The third-order valence-electron chi connectivity index (χ3n) is 3.16. The summed E-state index contributed by atoms with van der Waals surface area (Å²) in [5.41, 5.74) is 5.61. The highest BCUT2D eigenvalue weighted by molar-refractivity contribution is 8.18. The number of rotatable bonds is 8. The normalized spacial score (nSPS) is 15.5. The summed E-state index contributed by atoms with van der Waals surface area (Å²) >= 11 is 6.98. The maximum Gasteiger partial charge on any atom is 0.294 e.